The smallest absolute Gasteiger partial charge is 0.170 e. The fourth-order valence-electron chi connectivity index (χ4n) is 1.76. The molecule has 114 valence electrons. The average Bonchev–Trinajstić information content (AvgIpc) is 2.91. The first kappa shape index (κ1) is 15.4. The number of aromatic nitrogens is 4. The molecule has 0 fully saturated rings. The Bertz CT molecular complexity index is 556. The first-order valence-corrected chi connectivity index (χ1v) is 7.25. The molecule has 0 aliphatic heterocycles. The maximum Gasteiger partial charge on any atom is 0.170 e. The molecule has 1 aromatic heterocycles. The largest absolute Gasteiger partial charge is 0.494 e. The average molecular weight is 289 g/mol. The molecule has 0 radical (unpaired) electrons. The van der Waals surface area contributed by atoms with E-state index in [1.165, 1.54) is 0 Å². The van der Waals surface area contributed by atoms with Gasteiger partial charge in [0.15, 0.2) is 5.82 Å². The molecule has 0 amide bonds. The zero-order valence-corrected chi connectivity index (χ0v) is 13.1. The number of tetrazole rings is 1. The number of ether oxygens (including phenoxy) is 1. The lowest BCUT2D eigenvalue weighted by atomic mass is 10.1. The molecule has 1 aromatic carbocycles. The van der Waals surface area contributed by atoms with Crippen LogP contribution in [-0.4, -0.2) is 32.4 Å². The second-order valence-corrected chi connectivity index (χ2v) is 5.95. The van der Waals surface area contributed by atoms with Crippen LogP contribution in [0.1, 0.15) is 39.9 Å². The summed E-state index contributed by atoms with van der Waals surface area (Å²) in [6, 6.07) is 7.80. The van der Waals surface area contributed by atoms with E-state index in [2.05, 4.69) is 48.5 Å². The third-order valence-electron chi connectivity index (χ3n) is 2.87. The van der Waals surface area contributed by atoms with E-state index in [-0.39, 0.29) is 5.54 Å². The van der Waals surface area contributed by atoms with Crippen LogP contribution < -0.4 is 10.1 Å². The van der Waals surface area contributed by atoms with E-state index >= 15 is 0 Å². The van der Waals surface area contributed by atoms with Crippen molar-refractivity contribution in [3.05, 3.63) is 30.1 Å². The summed E-state index contributed by atoms with van der Waals surface area (Å²) >= 11 is 0. The van der Waals surface area contributed by atoms with Gasteiger partial charge < -0.3 is 10.1 Å². The van der Waals surface area contributed by atoms with E-state index in [1.807, 2.05) is 24.3 Å². The van der Waals surface area contributed by atoms with Crippen molar-refractivity contribution in [1.29, 1.82) is 0 Å². The molecule has 0 unspecified atom stereocenters. The molecule has 6 heteroatoms. The predicted molar refractivity (Wildman–Crippen MR) is 81.5 cm³/mol. The monoisotopic (exact) mass is 289 g/mol. The zero-order valence-electron chi connectivity index (χ0n) is 13.1. The van der Waals surface area contributed by atoms with Crippen LogP contribution in [0, 0.1) is 0 Å². The van der Waals surface area contributed by atoms with Crippen LogP contribution in [0.15, 0.2) is 24.3 Å². The number of hydrogen-bond acceptors (Lipinski definition) is 5. The van der Waals surface area contributed by atoms with Gasteiger partial charge in [0.25, 0.3) is 0 Å². The van der Waals surface area contributed by atoms with Gasteiger partial charge in [-0.2, -0.15) is 4.68 Å². The summed E-state index contributed by atoms with van der Waals surface area (Å²) in [6.45, 7) is 9.77. The minimum Gasteiger partial charge on any atom is -0.494 e. The van der Waals surface area contributed by atoms with Crippen LogP contribution in [-0.2, 0) is 6.54 Å². The first-order valence-electron chi connectivity index (χ1n) is 7.25. The summed E-state index contributed by atoms with van der Waals surface area (Å²) in [7, 11) is 0. The maximum absolute atomic E-state index is 5.58. The molecule has 6 nitrogen and oxygen atoms in total. The van der Waals surface area contributed by atoms with Gasteiger partial charge in [-0.3, -0.25) is 0 Å². The van der Waals surface area contributed by atoms with Gasteiger partial charge in [-0.1, -0.05) is 6.92 Å². The Morgan fingerprint density at radius 1 is 1.19 bits per heavy atom. The van der Waals surface area contributed by atoms with Crippen molar-refractivity contribution in [3.63, 3.8) is 0 Å². The van der Waals surface area contributed by atoms with E-state index in [9.17, 15) is 0 Å². The molecule has 0 spiro atoms. The normalized spacial score (nSPS) is 11.6. The summed E-state index contributed by atoms with van der Waals surface area (Å²) in [5.41, 5.74) is 0.948. The standard InChI is InChI=1S/C15H23N5O/c1-5-10-21-13-8-6-12(7-9-13)20-14(17-18-19-20)11-16-15(2,3)4/h6-9,16H,5,10-11H2,1-4H3. The highest BCUT2D eigenvalue weighted by Crippen LogP contribution is 2.16. The van der Waals surface area contributed by atoms with Crippen LogP contribution in [0.3, 0.4) is 0 Å². The van der Waals surface area contributed by atoms with Gasteiger partial charge in [-0.05, 0) is 61.9 Å². The number of nitrogens with one attached hydrogen (secondary N) is 1. The van der Waals surface area contributed by atoms with Gasteiger partial charge >= 0.3 is 0 Å². The molecule has 0 saturated carbocycles. The van der Waals surface area contributed by atoms with Gasteiger partial charge in [0.05, 0.1) is 18.8 Å². The highest BCUT2D eigenvalue weighted by atomic mass is 16.5. The van der Waals surface area contributed by atoms with Crippen molar-refractivity contribution in [3.8, 4) is 11.4 Å². The summed E-state index contributed by atoms with van der Waals surface area (Å²) in [5.74, 6) is 1.65. The van der Waals surface area contributed by atoms with Crippen molar-refractivity contribution in [2.24, 2.45) is 0 Å². The van der Waals surface area contributed by atoms with Crippen molar-refractivity contribution >= 4 is 0 Å². The Hall–Kier alpha value is -1.95. The summed E-state index contributed by atoms with van der Waals surface area (Å²) < 4.78 is 7.32. The SMILES string of the molecule is CCCOc1ccc(-n2nnnc2CNC(C)(C)C)cc1. The molecule has 1 heterocycles. The second-order valence-electron chi connectivity index (χ2n) is 5.95. The van der Waals surface area contributed by atoms with E-state index in [0.29, 0.717) is 6.54 Å². The third kappa shape index (κ3) is 4.53. The van der Waals surface area contributed by atoms with Gasteiger partial charge in [-0.15, -0.1) is 5.10 Å². The zero-order chi connectivity index (χ0) is 15.3. The maximum atomic E-state index is 5.58. The number of nitrogens with zero attached hydrogens (tertiary/aromatic N) is 4. The lowest BCUT2D eigenvalue weighted by molar-refractivity contribution is 0.317. The van der Waals surface area contributed by atoms with Crippen LogP contribution in [0.2, 0.25) is 0 Å². The van der Waals surface area contributed by atoms with Gasteiger partial charge in [-0.25, -0.2) is 0 Å². The molecule has 0 saturated heterocycles. The summed E-state index contributed by atoms with van der Waals surface area (Å²) in [5, 5.41) is 15.3. The highest BCUT2D eigenvalue weighted by Gasteiger charge is 2.13. The Kier molecular flexibility index (Phi) is 4.90. The molecular formula is C15H23N5O. The molecule has 0 atom stereocenters. The van der Waals surface area contributed by atoms with Crippen LogP contribution >= 0.6 is 0 Å². The Labute approximate surface area is 125 Å². The molecule has 2 rings (SSSR count). The summed E-state index contributed by atoms with van der Waals surface area (Å²) in [6.07, 6.45) is 0.997. The topological polar surface area (TPSA) is 64.9 Å². The molecule has 2 aromatic rings. The molecular weight excluding hydrogens is 266 g/mol. The lowest BCUT2D eigenvalue weighted by Gasteiger charge is -2.19. The van der Waals surface area contributed by atoms with E-state index in [4.69, 9.17) is 4.74 Å². The molecule has 0 aliphatic rings. The first-order chi connectivity index (χ1) is 9.99. The van der Waals surface area contributed by atoms with Crippen molar-refractivity contribution in [1.82, 2.24) is 25.5 Å². The van der Waals surface area contributed by atoms with Gasteiger partial charge in [0.1, 0.15) is 5.75 Å². The van der Waals surface area contributed by atoms with Crippen LogP contribution in [0.5, 0.6) is 5.75 Å². The lowest BCUT2D eigenvalue weighted by Crippen LogP contribution is -2.35. The van der Waals surface area contributed by atoms with Crippen LogP contribution in [0.25, 0.3) is 5.69 Å². The van der Waals surface area contributed by atoms with Crippen molar-refractivity contribution < 1.29 is 4.74 Å². The Balaban J connectivity index is 2.09. The molecule has 1 N–H and O–H groups in total. The van der Waals surface area contributed by atoms with Crippen molar-refractivity contribution in [2.75, 3.05) is 6.61 Å². The Morgan fingerprint density at radius 2 is 1.90 bits per heavy atom. The molecule has 0 aliphatic carbocycles. The number of benzene rings is 1. The van der Waals surface area contributed by atoms with Gasteiger partial charge in [0, 0.05) is 5.54 Å². The van der Waals surface area contributed by atoms with Gasteiger partial charge in [0.2, 0.25) is 0 Å². The number of rotatable bonds is 6. The second kappa shape index (κ2) is 6.67. The Morgan fingerprint density at radius 3 is 2.52 bits per heavy atom. The molecule has 21 heavy (non-hydrogen) atoms. The fourth-order valence-corrected chi connectivity index (χ4v) is 1.76. The predicted octanol–water partition coefficient (Wildman–Crippen LogP) is 2.34. The fraction of sp³-hybridized carbons (Fsp3) is 0.533. The number of hydrogen-bond donors (Lipinski definition) is 1. The summed E-state index contributed by atoms with van der Waals surface area (Å²) in [4.78, 5) is 0. The van der Waals surface area contributed by atoms with E-state index in [1.54, 1.807) is 4.68 Å². The minimum atomic E-state index is 0.0225. The highest BCUT2D eigenvalue weighted by molar-refractivity contribution is 5.37. The van der Waals surface area contributed by atoms with Crippen LogP contribution in [0.4, 0.5) is 0 Å². The van der Waals surface area contributed by atoms with E-state index < -0.39 is 0 Å². The van der Waals surface area contributed by atoms with E-state index in [0.717, 1.165) is 30.3 Å². The van der Waals surface area contributed by atoms with Crippen molar-refractivity contribution in [2.45, 2.75) is 46.2 Å². The molecule has 0 bridgehead atoms. The third-order valence-corrected chi connectivity index (χ3v) is 2.87. The quantitative estimate of drug-likeness (QED) is 0.884. The minimum absolute atomic E-state index is 0.0225.